The highest BCUT2D eigenvalue weighted by atomic mass is 16.5. The van der Waals surface area contributed by atoms with Gasteiger partial charge in [0, 0.05) is 12.6 Å². The van der Waals surface area contributed by atoms with Crippen molar-refractivity contribution in [3.63, 3.8) is 0 Å². The number of rotatable bonds is 7. The Labute approximate surface area is 128 Å². The largest absolute Gasteiger partial charge is 0.507 e. The molecule has 1 atom stereocenters. The summed E-state index contributed by atoms with van der Waals surface area (Å²) in [5.41, 5.74) is -1.39. The summed E-state index contributed by atoms with van der Waals surface area (Å²) in [6.45, 7) is 3.15. The van der Waals surface area contributed by atoms with Gasteiger partial charge in [-0.25, -0.2) is 0 Å². The lowest BCUT2D eigenvalue weighted by Gasteiger charge is -2.22. The standard InChI is InChI=1S/C15H21NO6/c1-4-22-13(18)8-15(2,20)9-16-14(19)11-6-5-10(21-3)7-12(11)17/h5-7,17,20H,4,8-9H2,1-3H3,(H,16,19)/t15-/m0/s1. The van der Waals surface area contributed by atoms with Gasteiger partial charge in [0.15, 0.2) is 0 Å². The number of phenols is 1. The number of ether oxygens (including phenoxy) is 2. The molecule has 1 rings (SSSR count). The molecule has 0 spiro atoms. The van der Waals surface area contributed by atoms with E-state index in [1.165, 1.54) is 32.2 Å². The Bertz CT molecular complexity index is 541. The molecule has 0 saturated carbocycles. The number of aliphatic hydroxyl groups is 1. The molecule has 1 amide bonds. The average molecular weight is 311 g/mol. The first kappa shape index (κ1) is 17.8. The van der Waals surface area contributed by atoms with Gasteiger partial charge < -0.3 is 25.0 Å². The van der Waals surface area contributed by atoms with Crippen LogP contribution in [0.3, 0.4) is 0 Å². The van der Waals surface area contributed by atoms with Crippen molar-refractivity contribution in [2.24, 2.45) is 0 Å². The molecule has 0 bridgehead atoms. The molecular weight excluding hydrogens is 290 g/mol. The summed E-state index contributed by atoms with van der Waals surface area (Å²) in [6, 6.07) is 4.25. The molecule has 1 aromatic rings. The highest BCUT2D eigenvalue weighted by Crippen LogP contribution is 2.23. The Morgan fingerprint density at radius 3 is 2.59 bits per heavy atom. The summed E-state index contributed by atoms with van der Waals surface area (Å²) >= 11 is 0. The van der Waals surface area contributed by atoms with Crippen LogP contribution in [0.25, 0.3) is 0 Å². The van der Waals surface area contributed by atoms with Crippen molar-refractivity contribution in [3.05, 3.63) is 23.8 Å². The van der Waals surface area contributed by atoms with Crippen LogP contribution in [-0.4, -0.2) is 48.0 Å². The number of aromatic hydroxyl groups is 1. The number of methoxy groups -OCH3 is 1. The molecule has 0 unspecified atom stereocenters. The van der Waals surface area contributed by atoms with Crippen LogP contribution in [0.4, 0.5) is 0 Å². The van der Waals surface area contributed by atoms with Gasteiger partial charge in [0.2, 0.25) is 0 Å². The van der Waals surface area contributed by atoms with E-state index in [1.807, 2.05) is 0 Å². The minimum Gasteiger partial charge on any atom is -0.507 e. The van der Waals surface area contributed by atoms with Gasteiger partial charge in [-0.1, -0.05) is 0 Å². The summed E-state index contributed by atoms with van der Waals surface area (Å²) in [4.78, 5) is 23.3. The average Bonchev–Trinajstić information content (AvgIpc) is 2.44. The van der Waals surface area contributed by atoms with Gasteiger partial charge in [0.25, 0.3) is 5.91 Å². The van der Waals surface area contributed by atoms with E-state index in [-0.39, 0.29) is 30.9 Å². The number of hydrogen-bond acceptors (Lipinski definition) is 6. The number of esters is 1. The Balaban J connectivity index is 2.63. The minimum atomic E-state index is -1.44. The zero-order chi connectivity index (χ0) is 16.8. The molecule has 0 aliphatic rings. The van der Waals surface area contributed by atoms with Crippen LogP contribution in [0.5, 0.6) is 11.5 Å². The fourth-order valence-corrected chi connectivity index (χ4v) is 1.78. The number of benzene rings is 1. The third-order valence-electron chi connectivity index (χ3n) is 2.91. The van der Waals surface area contributed by atoms with Gasteiger partial charge in [-0.2, -0.15) is 0 Å². The number of nitrogens with one attached hydrogen (secondary N) is 1. The van der Waals surface area contributed by atoms with Crippen molar-refractivity contribution in [1.29, 1.82) is 0 Å². The molecule has 0 aliphatic heterocycles. The normalized spacial score (nSPS) is 13.1. The Hall–Kier alpha value is -2.28. The van der Waals surface area contributed by atoms with Gasteiger partial charge in [-0.05, 0) is 26.0 Å². The minimum absolute atomic E-state index is 0.0488. The topological polar surface area (TPSA) is 105 Å². The number of phenolic OH excluding ortho intramolecular Hbond substituents is 1. The predicted octanol–water partition coefficient (Wildman–Crippen LogP) is 0.835. The molecule has 0 fully saturated rings. The molecule has 3 N–H and O–H groups in total. The maximum absolute atomic E-state index is 12.0. The van der Waals surface area contributed by atoms with Crippen LogP contribution in [0.1, 0.15) is 30.6 Å². The third-order valence-corrected chi connectivity index (χ3v) is 2.91. The van der Waals surface area contributed by atoms with Crippen LogP contribution in [0.2, 0.25) is 0 Å². The van der Waals surface area contributed by atoms with E-state index in [0.717, 1.165) is 0 Å². The Kier molecular flexibility index (Phi) is 6.18. The lowest BCUT2D eigenvalue weighted by Crippen LogP contribution is -2.42. The quantitative estimate of drug-likeness (QED) is 0.644. The summed E-state index contributed by atoms with van der Waals surface area (Å²) in [5, 5.41) is 22.3. The Morgan fingerprint density at radius 2 is 2.05 bits per heavy atom. The monoisotopic (exact) mass is 311 g/mol. The molecule has 7 heteroatoms. The SMILES string of the molecule is CCOC(=O)C[C@](C)(O)CNC(=O)c1ccc(OC)cc1O. The van der Waals surface area contributed by atoms with E-state index in [2.05, 4.69) is 5.32 Å². The first-order valence-electron chi connectivity index (χ1n) is 6.82. The third kappa shape index (κ3) is 5.25. The van der Waals surface area contributed by atoms with E-state index < -0.39 is 17.5 Å². The van der Waals surface area contributed by atoms with Crippen LogP contribution >= 0.6 is 0 Å². The molecule has 7 nitrogen and oxygen atoms in total. The lowest BCUT2D eigenvalue weighted by molar-refractivity contribution is -0.147. The van der Waals surface area contributed by atoms with Gasteiger partial charge in [0.05, 0.1) is 31.3 Å². The summed E-state index contributed by atoms with van der Waals surface area (Å²) in [5.74, 6) is -0.927. The van der Waals surface area contributed by atoms with Crippen molar-refractivity contribution in [2.45, 2.75) is 25.9 Å². The van der Waals surface area contributed by atoms with Crippen molar-refractivity contribution >= 4 is 11.9 Å². The lowest BCUT2D eigenvalue weighted by atomic mass is 10.0. The van der Waals surface area contributed by atoms with Gasteiger partial charge in [-0.3, -0.25) is 9.59 Å². The Morgan fingerprint density at radius 1 is 1.36 bits per heavy atom. The first-order chi connectivity index (χ1) is 10.3. The first-order valence-corrected chi connectivity index (χ1v) is 6.82. The van der Waals surface area contributed by atoms with Crippen molar-refractivity contribution in [2.75, 3.05) is 20.3 Å². The van der Waals surface area contributed by atoms with Crippen molar-refractivity contribution < 1.29 is 29.3 Å². The number of carbonyl (C=O) groups is 2. The van der Waals surface area contributed by atoms with Crippen molar-refractivity contribution in [3.8, 4) is 11.5 Å². The highest BCUT2D eigenvalue weighted by molar-refractivity contribution is 5.97. The van der Waals surface area contributed by atoms with Gasteiger partial charge >= 0.3 is 5.97 Å². The fourth-order valence-electron chi connectivity index (χ4n) is 1.78. The second kappa shape index (κ2) is 7.65. The molecule has 0 radical (unpaired) electrons. The molecular formula is C15H21NO6. The fraction of sp³-hybridized carbons (Fsp3) is 0.467. The number of carbonyl (C=O) groups excluding carboxylic acids is 2. The molecule has 0 aliphatic carbocycles. The maximum Gasteiger partial charge on any atom is 0.308 e. The summed E-state index contributed by atoms with van der Waals surface area (Å²) < 4.78 is 9.68. The van der Waals surface area contributed by atoms with E-state index >= 15 is 0 Å². The molecule has 0 saturated heterocycles. The van der Waals surface area contributed by atoms with Crippen LogP contribution in [-0.2, 0) is 9.53 Å². The molecule has 22 heavy (non-hydrogen) atoms. The molecule has 1 aromatic carbocycles. The maximum atomic E-state index is 12.0. The van der Waals surface area contributed by atoms with E-state index in [4.69, 9.17) is 9.47 Å². The number of amides is 1. The second-order valence-corrected chi connectivity index (χ2v) is 5.04. The molecule has 0 aromatic heterocycles. The molecule has 0 heterocycles. The highest BCUT2D eigenvalue weighted by Gasteiger charge is 2.26. The zero-order valence-electron chi connectivity index (χ0n) is 12.9. The summed E-state index contributed by atoms with van der Waals surface area (Å²) in [7, 11) is 1.45. The van der Waals surface area contributed by atoms with Crippen LogP contribution < -0.4 is 10.1 Å². The summed E-state index contributed by atoms with van der Waals surface area (Å²) in [6.07, 6.45) is -0.240. The predicted molar refractivity (Wildman–Crippen MR) is 78.9 cm³/mol. The van der Waals surface area contributed by atoms with E-state index in [9.17, 15) is 19.8 Å². The van der Waals surface area contributed by atoms with E-state index in [0.29, 0.717) is 5.75 Å². The van der Waals surface area contributed by atoms with Gasteiger partial charge in [0.1, 0.15) is 11.5 Å². The van der Waals surface area contributed by atoms with Crippen molar-refractivity contribution in [1.82, 2.24) is 5.32 Å². The molecule has 122 valence electrons. The number of hydrogen-bond donors (Lipinski definition) is 3. The van der Waals surface area contributed by atoms with Gasteiger partial charge in [-0.15, -0.1) is 0 Å². The van der Waals surface area contributed by atoms with Crippen LogP contribution in [0, 0.1) is 0 Å². The van der Waals surface area contributed by atoms with E-state index in [1.54, 1.807) is 6.92 Å². The zero-order valence-corrected chi connectivity index (χ0v) is 12.9. The van der Waals surface area contributed by atoms with Crippen LogP contribution in [0.15, 0.2) is 18.2 Å². The smallest absolute Gasteiger partial charge is 0.308 e. The second-order valence-electron chi connectivity index (χ2n) is 5.04.